The summed E-state index contributed by atoms with van der Waals surface area (Å²) in [6.07, 6.45) is 1.44. The SMILES string of the molecule is N#Cc1ccc(C(N)CO)nc1. The molecule has 1 rings (SSSR count). The topological polar surface area (TPSA) is 82.9 Å². The average molecular weight is 163 g/mol. The van der Waals surface area contributed by atoms with Crippen molar-refractivity contribution in [3.05, 3.63) is 29.6 Å². The summed E-state index contributed by atoms with van der Waals surface area (Å²) in [7, 11) is 0. The highest BCUT2D eigenvalue weighted by Gasteiger charge is 2.04. The van der Waals surface area contributed by atoms with Gasteiger partial charge in [0.25, 0.3) is 0 Å². The maximum absolute atomic E-state index is 8.68. The predicted molar refractivity (Wildman–Crippen MR) is 43.0 cm³/mol. The molecule has 62 valence electrons. The third kappa shape index (κ3) is 1.78. The molecule has 4 nitrogen and oxygen atoms in total. The highest BCUT2D eigenvalue weighted by atomic mass is 16.3. The first-order valence-corrected chi connectivity index (χ1v) is 3.50. The van der Waals surface area contributed by atoms with Crippen LogP contribution in [-0.2, 0) is 0 Å². The number of rotatable bonds is 2. The van der Waals surface area contributed by atoms with Gasteiger partial charge in [0.15, 0.2) is 0 Å². The van der Waals surface area contributed by atoms with E-state index in [1.165, 1.54) is 6.20 Å². The Morgan fingerprint density at radius 2 is 2.42 bits per heavy atom. The number of pyridine rings is 1. The summed E-state index contributed by atoms with van der Waals surface area (Å²) < 4.78 is 0. The molecule has 0 fully saturated rings. The molecule has 0 bridgehead atoms. The summed E-state index contributed by atoms with van der Waals surface area (Å²) in [6.45, 7) is -0.140. The molecule has 1 heterocycles. The predicted octanol–water partition coefficient (Wildman–Crippen LogP) is -0.0546. The highest BCUT2D eigenvalue weighted by molar-refractivity contribution is 5.27. The molecule has 1 atom stereocenters. The van der Waals surface area contributed by atoms with Crippen LogP contribution in [-0.4, -0.2) is 16.7 Å². The summed E-state index contributed by atoms with van der Waals surface area (Å²) in [4.78, 5) is 3.91. The van der Waals surface area contributed by atoms with Crippen LogP contribution in [0, 0.1) is 11.3 Å². The first-order valence-electron chi connectivity index (χ1n) is 3.50. The van der Waals surface area contributed by atoms with Gasteiger partial charge in [0.1, 0.15) is 6.07 Å². The molecule has 0 saturated heterocycles. The maximum atomic E-state index is 8.68. The van der Waals surface area contributed by atoms with Crippen molar-refractivity contribution in [1.82, 2.24) is 4.98 Å². The number of nitrogens with zero attached hydrogens (tertiary/aromatic N) is 2. The number of hydrogen-bond acceptors (Lipinski definition) is 4. The fourth-order valence-corrected chi connectivity index (χ4v) is 0.784. The van der Waals surface area contributed by atoms with Crippen LogP contribution < -0.4 is 5.73 Å². The molecular formula is C8H9N3O. The fraction of sp³-hybridized carbons (Fsp3) is 0.250. The zero-order valence-corrected chi connectivity index (χ0v) is 6.44. The Morgan fingerprint density at radius 1 is 1.67 bits per heavy atom. The lowest BCUT2D eigenvalue weighted by atomic mass is 10.2. The van der Waals surface area contributed by atoms with Gasteiger partial charge in [0.2, 0.25) is 0 Å². The molecule has 0 aliphatic carbocycles. The van der Waals surface area contributed by atoms with Crippen LogP contribution in [0.3, 0.4) is 0 Å². The number of aliphatic hydroxyl groups is 1. The molecule has 0 aromatic carbocycles. The smallest absolute Gasteiger partial charge is 0.101 e. The van der Waals surface area contributed by atoms with E-state index in [0.29, 0.717) is 11.3 Å². The number of aromatic nitrogens is 1. The van der Waals surface area contributed by atoms with Crippen molar-refractivity contribution in [2.24, 2.45) is 5.73 Å². The van der Waals surface area contributed by atoms with Gasteiger partial charge >= 0.3 is 0 Å². The Kier molecular flexibility index (Phi) is 2.75. The van der Waals surface area contributed by atoms with Crippen molar-refractivity contribution in [3.8, 4) is 6.07 Å². The molecule has 0 amide bonds. The Bertz CT molecular complexity index is 288. The van der Waals surface area contributed by atoms with Gasteiger partial charge in [0.05, 0.1) is 23.9 Å². The number of hydrogen-bond donors (Lipinski definition) is 2. The van der Waals surface area contributed by atoms with Crippen LogP contribution in [0.5, 0.6) is 0 Å². The van der Waals surface area contributed by atoms with E-state index in [0.717, 1.165) is 0 Å². The monoisotopic (exact) mass is 163 g/mol. The first-order chi connectivity index (χ1) is 5.77. The molecule has 0 saturated carbocycles. The summed E-state index contributed by atoms with van der Waals surface area (Å²) >= 11 is 0. The Labute approximate surface area is 70.3 Å². The molecule has 1 aromatic heterocycles. The first kappa shape index (κ1) is 8.65. The summed E-state index contributed by atoms with van der Waals surface area (Å²) in [5.41, 5.74) is 6.57. The summed E-state index contributed by atoms with van der Waals surface area (Å²) in [6, 6.07) is 4.75. The van der Waals surface area contributed by atoms with Gasteiger partial charge in [-0.05, 0) is 12.1 Å². The van der Waals surface area contributed by atoms with E-state index >= 15 is 0 Å². The van der Waals surface area contributed by atoms with Gasteiger partial charge < -0.3 is 10.8 Å². The average Bonchev–Trinajstić information content (AvgIpc) is 2.17. The van der Waals surface area contributed by atoms with Crippen molar-refractivity contribution in [2.75, 3.05) is 6.61 Å². The van der Waals surface area contributed by atoms with Gasteiger partial charge in [-0.2, -0.15) is 5.26 Å². The van der Waals surface area contributed by atoms with Gasteiger partial charge in [-0.1, -0.05) is 0 Å². The summed E-state index contributed by atoms with van der Waals surface area (Å²) in [5, 5.41) is 17.1. The van der Waals surface area contributed by atoms with Crippen molar-refractivity contribution < 1.29 is 5.11 Å². The quantitative estimate of drug-likeness (QED) is 0.640. The summed E-state index contributed by atoms with van der Waals surface area (Å²) in [5.74, 6) is 0. The van der Waals surface area contributed by atoms with Crippen LogP contribution >= 0.6 is 0 Å². The second-order valence-corrected chi connectivity index (χ2v) is 2.37. The van der Waals surface area contributed by atoms with Crippen molar-refractivity contribution >= 4 is 0 Å². The normalized spacial score (nSPS) is 12.1. The van der Waals surface area contributed by atoms with Crippen molar-refractivity contribution in [3.63, 3.8) is 0 Å². The van der Waals surface area contributed by atoms with Gasteiger partial charge in [-0.25, -0.2) is 0 Å². The molecule has 0 aliphatic rings. The van der Waals surface area contributed by atoms with Crippen molar-refractivity contribution in [1.29, 1.82) is 5.26 Å². The van der Waals surface area contributed by atoms with E-state index in [1.807, 2.05) is 6.07 Å². The van der Waals surface area contributed by atoms with Gasteiger partial charge in [-0.3, -0.25) is 4.98 Å². The van der Waals surface area contributed by atoms with Crippen molar-refractivity contribution in [2.45, 2.75) is 6.04 Å². The number of aliphatic hydroxyl groups excluding tert-OH is 1. The van der Waals surface area contributed by atoms with Crippen LogP contribution in [0.2, 0.25) is 0 Å². The minimum atomic E-state index is -0.460. The molecular weight excluding hydrogens is 154 g/mol. The van der Waals surface area contributed by atoms with Crippen LogP contribution in [0.25, 0.3) is 0 Å². The molecule has 0 spiro atoms. The lowest BCUT2D eigenvalue weighted by Gasteiger charge is -2.05. The third-order valence-electron chi connectivity index (χ3n) is 1.49. The van der Waals surface area contributed by atoms with E-state index in [-0.39, 0.29) is 6.61 Å². The standard InChI is InChI=1S/C8H9N3O/c9-3-6-1-2-8(11-4-6)7(10)5-12/h1-2,4,7,12H,5,10H2. The minimum absolute atomic E-state index is 0.140. The van der Waals surface area contributed by atoms with Crippen LogP contribution in [0.15, 0.2) is 18.3 Å². The molecule has 0 radical (unpaired) electrons. The zero-order chi connectivity index (χ0) is 8.97. The molecule has 4 heteroatoms. The zero-order valence-electron chi connectivity index (χ0n) is 6.44. The Balaban J connectivity index is 2.86. The Hall–Kier alpha value is -1.44. The lowest BCUT2D eigenvalue weighted by Crippen LogP contribution is -2.15. The van der Waals surface area contributed by atoms with E-state index in [4.69, 9.17) is 16.1 Å². The number of nitrogens with two attached hydrogens (primary N) is 1. The van der Waals surface area contributed by atoms with E-state index in [9.17, 15) is 0 Å². The second kappa shape index (κ2) is 3.81. The molecule has 1 aromatic rings. The molecule has 1 unspecified atom stereocenters. The third-order valence-corrected chi connectivity index (χ3v) is 1.49. The Morgan fingerprint density at radius 3 is 2.83 bits per heavy atom. The van der Waals surface area contributed by atoms with Crippen LogP contribution in [0.1, 0.15) is 17.3 Å². The van der Waals surface area contributed by atoms with E-state index < -0.39 is 6.04 Å². The molecule has 3 N–H and O–H groups in total. The van der Waals surface area contributed by atoms with Gasteiger partial charge in [0, 0.05) is 6.20 Å². The lowest BCUT2D eigenvalue weighted by molar-refractivity contribution is 0.266. The molecule has 12 heavy (non-hydrogen) atoms. The second-order valence-electron chi connectivity index (χ2n) is 2.37. The van der Waals surface area contributed by atoms with Gasteiger partial charge in [-0.15, -0.1) is 0 Å². The largest absolute Gasteiger partial charge is 0.394 e. The number of nitriles is 1. The van der Waals surface area contributed by atoms with Crippen LogP contribution in [0.4, 0.5) is 0 Å². The minimum Gasteiger partial charge on any atom is -0.394 e. The highest BCUT2D eigenvalue weighted by Crippen LogP contribution is 2.06. The van der Waals surface area contributed by atoms with E-state index in [1.54, 1.807) is 12.1 Å². The maximum Gasteiger partial charge on any atom is 0.101 e. The van der Waals surface area contributed by atoms with E-state index in [2.05, 4.69) is 4.98 Å². The molecule has 0 aliphatic heterocycles. The fourth-order valence-electron chi connectivity index (χ4n) is 0.784.